The molecule has 3 rings (SSSR count). The molecular weight excluding hydrogens is 346 g/mol. The van der Waals surface area contributed by atoms with Gasteiger partial charge in [-0.05, 0) is 80.7 Å². The molecule has 0 saturated heterocycles. The molecule has 28 heavy (non-hydrogen) atoms. The van der Waals surface area contributed by atoms with Crippen LogP contribution in [0.3, 0.4) is 0 Å². The average molecular weight is 380 g/mol. The van der Waals surface area contributed by atoms with Gasteiger partial charge in [-0.3, -0.25) is 4.79 Å². The van der Waals surface area contributed by atoms with Crippen LogP contribution in [0.4, 0.5) is 0 Å². The summed E-state index contributed by atoms with van der Waals surface area (Å²) in [6.07, 6.45) is 5.91. The second kappa shape index (κ2) is 9.27. The number of rotatable bonds is 7. The Morgan fingerprint density at radius 3 is 2.43 bits per heavy atom. The molecule has 0 bridgehead atoms. The minimum absolute atomic E-state index is 0.0245. The molecule has 0 radical (unpaired) electrons. The highest BCUT2D eigenvalue weighted by Crippen LogP contribution is 2.27. The van der Waals surface area contributed by atoms with Crippen LogP contribution in [0.2, 0.25) is 0 Å². The predicted octanol–water partition coefficient (Wildman–Crippen LogP) is 5.61. The number of hydrogen-bond acceptors (Lipinski definition) is 2. The van der Waals surface area contributed by atoms with Crippen molar-refractivity contribution >= 4 is 5.91 Å². The minimum Gasteiger partial charge on any atom is -0.480 e. The number of nitrogens with one attached hydrogen (secondary N) is 1. The molecule has 0 aromatic heterocycles. The van der Waals surface area contributed by atoms with E-state index in [0.717, 1.165) is 24.2 Å². The zero-order valence-electron chi connectivity index (χ0n) is 17.7. The standard InChI is InChI=1S/C25H33NO2/c1-5-22(21-13-12-19-9-7-8-10-20(19)16-21)26-25(27)23(6-2)28-24-14-11-17(3)15-18(24)4/h11-16,22-23H,5-10H2,1-4H3,(H,26,27)/t22-,23-/m1/s1. The number of hydrogen-bond donors (Lipinski definition) is 1. The predicted molar refractivity (Wildman–Crippen MR) is 115 cm³/mol. The van der Waals surface area contributed by atoms with E-state index < -0.39 is 6.10 Å². The molecule has 3 heteroatoms. The molecule has 0 saturated carbocycles. The molecule has 150 valence electrons. The largest absolute Gasteiger partial charge is 0.480 e. The Morgan fingerprint density at radius 1 is 1.00 bits per heavy atom. The molecule has 1 N–H and O–H groups in total. The fourth-order valence-corrected chi connectivity index (χ4v) is 4.06. The normalized spacial score (nSPS) is 15.4. The third-order valence-corrected chi connectivity index (χ3v) is 5.76. The number of fused-ring (bicyclic) bond motifs is 1. The number of amides is 1. The lowest BCUT2D eigenvalue weighted by Gasteiger charge is -2.24. The zero-order chi connectivity index (χ0) is 20.1. The summed E-state index contributed by atoms with van der Waals surface area (Å²) in [7, 11) is 0. The fraction of sp³-hybridized carbons (Fsp3) is 0.480. The quantitative estimate of drug-likeness (QED) is 0.679. The van der Waals surface area contributed by atoms with E-state index in [1.54, 1.807) is 0 Å². The molecule has 1 aliphatic carbocycles. The molecule has 0 aliphatic heterocycles. The Labute approximate surface area is 169 Å². The van der Waals surface area contributed by atoms with E-state index in [2.05, 4.69) is 43.4 Å². The Kier molecular flexibility index (Phi) is 6.77. The van der Waals surface area contributed by atoms with Crippen LogP contribution in [-0.2, 0) is 17.6 Å². The van der Waals surface area contributed by atoms with E-state index in [1.807, 2.05) is 26.0 Å². The number of ether oxygens (including phenoxy) is 1. The van der Waals surface area contributed by atoms with Crippen LogP contribution < -0.4 is 10.1 Å². The summed E-state index contributed by atoms with van der Waals surface area (Å²) in [5.74, 6) is 0.751. The van der Waals surface area contributed by atoms with Crippen LogP contribution >= 0.6 is 0 Å². The Morgan fingerprint density at radius 2 is 1.75 bits per heavy atom. The van der Waals surface area contributed by atoms with Gasteiger partial charge in [0.05, 0.1) is 6.04 Å². The lowest BCUT2D eigenvalue weighted by molar-refractivity contribution is -0.129. The van der Waals surface area contributed by atoms with Crippen LogP contribution in [0.25, 0.3) is 0 Å². The Bertz CT molecular complexity index is 827. The van der Waals surface area contributed by atoms with Crippen molar-refractivity contribution in [2.24, 2.45) is 0 Å². The summed E-state index contributed by atoms with van der Waals surface area (Å²) in [6, 6.07) is 12.8. The van der Waals surface area contributed by atoms with Gasteiger partial charge in [0.25, 0.3) is 5.91 Å². The first-order chi connectivity index (χ1) is 13.5. The summed E-state index contributed by atoms with van der Waals surface area (Å²) in [4.78, 5) is 13.0. The zero-order valence-corrected chi connectivity index (χ0v) is 17.7. The van der Waals surface area contributed by atoms with Crippen molar-refractivity contribution in [3.63, 3.8) is 0 Å². The molecule has 0 unspecified atom stereocenters. The summed E-state index contributed by atoms with van der Waals surface area (Å²) in [6.45, 7) is 8.20. The fourth-order valence-electron chi connectivity index (χ4n) is 4.06. The van der Waals surface area contributed by atoms with Crippen molar-refractivity contribution in [3.8, 4) is 5.75 Å². The van der Waals surface area contributed by atoms with Gasteiger partial charge >= 0.3 is 0 Å². The molecule has 1 aliphatic rings. The Hall–Kier alpha value is -2.29. The van der Waals surface area contributed by atoms with Gasteiger partial charge in [0.1, 0.15) is 5.75 Å². The number of carbonyl (C=O) groups is 1. The van der Waals surface area contributed by atoms with Gasteiger partial charge in [0, 0.05) is 0 Å². The first kappa shape index (κ1) is 20.4. The molecule has 0 spiro atoms. The molecule has 2 atom stereocenters. The Balaban J connectivity index is 1.71. The summed E-state index contributed by atoms with van der Waals surface area (Å²) < 4.78 is 6.07. The van der Waals surface area contributed by atoms with Gasteiger partial charge in [-0.1, -0.05) is 49.7 Å². The third-order valence-electron chi connectivity index (χ3n) is 5.76. The van der Waals surface area contributed by atoms with Gasteiger partial charge in [0.2, 0.25) is 0 Å². The summed E-state index contributed by atoms with van der Waals surface area (Å²) >= 11 is 0. The lowest BCUT2D eigenvalue weighted by Crippen LogP contribution is -2.40. The van der Waals surface area contributed by atoms with Crippen molar-refractivity contribution < 1.29 is 9.53 Å². The maximum absolute atomic E-state index is 13.0. The van der Waals surface area contributed by atoms with Gasteiger partial charge in [-0.25, -0.2) is 0 Å². The van der Waals surface area contributed by atoms with E-state index in [4.69, 9.17) is 4.74 Å². The molecule has 0 heterocycles. The topological polar surface area (TPSA) is 38.3 Å². The van der Waals surface area contributed by atoms with Crippen molar-refractivity contribution in [1.29, 1.82) is 0 Å². The first-order valence-electron chi connectivity index (χ1n) is 10.7. The molecule has 1 amide bonds. The highest BCUT2D eigenvalue weighted by atomic mass is 16.5. The number of benzene rings is 2. The van der Waals surface area contributed by atoms with Crippen LogP contribution in [0, 0.1) is 13.8 Å². The van der Waals surface area contributed by atoms with Crippen molar-refractivity contribution in [1.82, 2.24) is 5.32 Å². The molecule has 2 aromatic rings. The van der Waals surface area contributed by atoms with Crippen LogP contribution in [0.5, 0.6) is 5.75 Å². The maximum atomic E-state index is 13.0. The highest BCUT2D eigenvalue weighted by Gasteiger charge is 2.23. The van der Waals surface area contributed by atoms with Crippen LogP contribution in [0.1, 0.15) is 73.4 Å². The second-order valence-electron chi connectivity index (χ2n) is 7.99. The van der Waals surface area contributed by atoms with E-state index in [1.165, 1.54) is 41.5 Å². The van der Waals surface area contributed by atoms with Crippen LogP contribution in [0.15, 0.2) is 36.4 Å². The lowest BCUT2D eigenvalue weighted by atomic mass is 9.88. The number of aryl methyl sites for hydroxylation is 4. The van der Waals surface area contributed by atoms with E-state index >= 15 is 0 Å². The summed E-state index contributed by atoms with van der Waals surface area (Å²) in [5.41, 5.74) is 6.39. The highest BCUT2D eigenvalue weighted by molar-refractivity contribution is 5.81. The average Bonchev–Trinajstić information content (AvgIpc) is 2.71. The van der Waals surface area contributed by atoms with E-state index in [9.17, 15) is 4.79 Å². The minimum atomic E-state index is -0.479. The van der Waals surface area contributed by atoms with E-state index in [-0.39, 0.29) is 11.9 Å². The van der Waals surface area contributed by atoms with Gasteiger partial charge in [-0.15, -0.1) is 0 Å². The van der Waals surface area contributed by atoms with Crippen molar-refractivity contribution in [2.75, 3.05) is 0 Å². The van der Waals surface area contributed by atoms with Crippen LogP contribution in [-0.4, -0.2) is 12.0 Å². The SMILES string of the molecule is CC[C@@H](Oc1ccc(C)cc1C)C(=O)N[C@H](CC)c1ccc2c(c1)CCCC2. The molecule has 2 aromatic carbocycles. The molecular formula is C25H33NO2. The van der Waals surface area contributed by atoms with Gasteiger partial charge in [0.15, 0.2) is 6.10 Å². The first-order valence-corrected chi connectivity index (χ1v) is 10.7. The third kappa shape index (κ3) is 4.76. The van der Waals surface area contributed by atoms with Gasteiger partial charge < -0.3 is 10.1 Å². The van der Waals surface area contributed by atoms with E-state index in [0.29, 0.717) is 6.42 Å². The van der Waals surface area contributed by atoms with Gasteiger partial charge in [-0.2, -0.15) is 0 Å². The van der Waals surface area contributed by atoms with Crippen molar-refractivity contribution in [2.45, 2.75) is 78.4 Å². The molecule has 3 nitrogen and oxygen atoms in total. The maximum Gasteiger partial charge on any atom is 0.261 e. The number of carbonyl (C=O) groups excluding carboxylic acids is 1. The second-order valence-corrected chi connectivity index (χ2v) is 7.99. The summed E-state index contributed by atoms with van der Waals surface area (Å²) in [5, 5.41) is 3.23. The monoisotopic (exact) mass is 379 g/mol. The molecule has 0 fully saturated rings. The smallest absolute Gasteiger partial charge is 0.261 e. The van der Waals surface area contributed by atoms with Crippen molar-refractivity contribution in [3.05, 3.63) is 64.2 Å².